The number of phenols is 1. The summed E-state index contributed by atoms with van der Waals surface area (Å²) < 4.78 is 5.14. The number of nitrogens with one attached hydrogen (secondary N) is 1. The van der Waals surface area contributed by atoms with Gasteiger partial charge in [0.15, 0.2) is 6.10 Å². The molecule has 5 nitrogen and oxygen atoms in total. The van der Waals surface area contributed by atoms with E-state index in [1.54, 1.807) is 0 Å². The van der Waals surface area contributed by atoms with Gasteiger partial charge in [0, 0.05) is 11.1 Å². The second-order valence-corrected chi connectivity index (χ2v) is 6.52. The maximum absolute atomic E-state index is 12.2. The fourth-order valence-electron chi connectivity index (χ4n) is 2.79. The molecular weight excluding hydrogens is 318 g/mol. The first-order chi connectivity index (χ1) is 10.9. The number of benzene rings is 1. The van der Waals surface area contributed by atoms with Crippen LogP contribution in [0.5, 0.6) is 5.75 Å². The molecule has 1 fully saturated rings. The molecule has 1 amide bonds. The lowest BCUT2D eigenvalue weighted by Crippen LogP contribution is -2.45. The van der Waals surface area contributed by atoms with Gasteiger partial charge in [-0.1, -0.05) is 31.4 Å². The van der Waals surface area contributed by atoms with E-state index in [2.05, 4.69) is 12.2 Å². The highest BCUT2D eigenvalue weighted by atomic mass is 35.5. The lowest BCUT2D eigenvalue weighted by Gasteiger charge is -2.30. The molecule has 6 heteroatoms. The summed E-state index contributed by atoms with van der Waals surface area (Å²) in [6.07, 6.45) is 3.41. The molecule has 1 aromatic rings. The van der Waals surface area contributed by atoms with E-state index in [9.17, 15) is 14.7 Å². The molecule has 1 saturated carbocycles. The molecule has 23 heavy (non-hydrogen) atoms. The number of halogens is 1. The summed E-state index contributed by atoms with van der Waals surface area (Å²) in [5, 5.41) is 13.0. The van der Waals surface area contributed by atoms with Gasteiger partial charge in [0.1, 0.15) is 11.3 Å². The van der Waals surface area contributed by atoms with Crippen molar-refractivity contribution in [3.63, 3.8) is 0 Å². The third kappa shape index (κ3) is 4.61. The average molecular weight is 340 g/mol. The smallest absolute Gasteiger partial charge is 0.342 e. The van der Waals surface area contributed by atoms with Crippen LogP contribution in [0.25, 0.3) is 0 Å². The summed E-state index contributed by atoms with van der Waals surface area (Å²) in [7, 11) is 0. The fraction of sp³-hybridized carbons (Fsp3) is 0.529. The Morgan fingerprint density at radius 2 is 2.04 bits per heavy atom. The predicted molar refractivity (Wildman–Crippen MR) is 87.6 cm³/mol. The van der Waals surface area contributed by atoms with Gasteiger partial charge in [-0.2, -0.15) is 0 Å². The average Bonchev–Trinajstić information content (AvgIpc) is 2.49. The molecule has 1 aromatic carbocycles. The van der Waals surface area contributed by atoms with Crippen LogP contribution < -0.4 is 5.32 Å². The normalized spacial score (nSPS) is 22.2. The van der Waals surface area contributed by atoms with E-state index in [1.165, 1.54) is 31.5 Å². The van der Waals surface area contributed by atoms with Crippen LogP contribution in [-0.4, -0.2) is 29.1 Å². The van der Waals surface area contributed by atoms with Crippen molar-refractivity contribution in [2.75, 3.05) is 0 Å². The molecule has 1 aliphatic rings. The lowest BCUT2D eigenvalue weighted by molar-refractivity contribution is -0.130. The minimum atomic E-state index is -0.924. The lowest BCUT2D eigenvalue weighted by atomic mass is 9.86. The number of hydrogen-bond donors (Lipinski definition) is 2. The van der Waals surface area contributed by atoms with Crippen molar-refractivity contribution in [2.24, 2.45) is 5.92 Å². The van der Waals surface area contributed by atoms with Crippen molar-refractivity contribution in [2.45, 2.75) is 51.7 Å². The summed E-state index contributed by atoms with van der Waals surface area (Å²) in [5.41, 5.74) is -0.0138. The minimum absolute atomic E-state index is 0.0138. The molecule has 3 atom stereocenters. The highest BCUT2D eigenvalue weighted by molar-refractivity contribution is 6.30. The number of hydrogen-bond acceptors (Lipinski definition) is 4. The topological polar surface area (TPSA) is 75.6 Å². The van der Waals surface area contributed by atoms with Gasteiger partial charge in [0.2, 0.25) is 0 Å². The number of phenolic OH excluding ortho intramolecular Hbond substituents is 1. The summed E-state index contributed by atoms with van der Waals surface area (Å²) >= 11 is 5.72. The molecule has 0 unspecified atom stereocenters. The van der Waals surface area contributed by atoms with Crippen LogP contribution in [0, 0.1) is 5.92 Å². The van der Waals surface area contributed by atoms with E-state index in [-0.39, 0.29) is 23.3 Å². The molecule has 0 spiro atoms. The fourth-order valence-corrected chi connectivity index (χ4v) is 2.95. The predicted octanol–water partition coefficient (Wildman–Crippen LogP) is 3.29. The van der Waals surface area contributed by atoms with Crippen molar-refractivity contribution in [1.29, 1.82) is 0 Å². The first-order valence-electron chi connectivity index (χ1n) is 7.88. The third-order valence-electron chi connectivity index (χ3n) is 4.27. The van der Waals surface area contributed by atoms with Crippen LogP contribution >= 0.6 is 11.6 Å². The second-order valence-electron chi connectivity index (χ2n) is 6.09. The summed E-state index contributed by atoms with van der Waals surface area (Å²) in [4.78, 5) is 24.2. The molecular formula is C17H22ClNO4. The van der Waals surface area contributed by atoms with Crippen LogP contribution in [0.2, 0.25) is 5.02 Å². The molecule has 126 valence electrons. The van der Waals surface area contributed by atoms with Gasteiger partial charge < -0.3 is 15.2 Å². The molecule has 0 heterocycles. The number of rotatable bonds is 4. The van der Waals surface area contributed by atoms with E-state index in [0.29, 0.717) is 10.9 Å². The number of carbonyl (C=O) groups excluding carboxylic acids is 2. The van der Waals surface area contributed by atoms with Crippen LogP contribution in [0.15, 0.2) is 18.2 Å². The molecule has 0 aliphatic heterocycles. The number of esters is 1. The molecule has 2 rings (SSSR count). The first-order valence-corrected chi connectivity index (χ1v) is 8.26. The zero-order chi connectivity index (χ0) is 17.0. The summed E-state index contributed by atoms with van der Waals surface area (Å²) in [6.45, 7) is 3.64. The van der Waals surface area contributed by atoms with Gasteiger partial charge in [0.05, 0.1) is 0 Å². The second kappa shape index (κ2) is 7.68. The van der Waals surface area contributed by atoms with E-state index in [0.717, 1.165) is 19.3 Å². The van der Waals surface area contributed by atoms with Gasteiger partial charge in [-0.05, 0) is 43.9 Å². The van der Waals surface area contributed by atoms with Gasteiger partial charge in [0.25, 0.3) is 5.91 Å². The summed E-state index contributed by atoms with van der Waals surface area (Å²) in [5.74, 6) is -0.906. The highest BCUT2D eigenvalue weighted by Gasteiger charge is 2.27. The largest absolute Gasteiger partial charge is 0.507 e. The van der Waals surface area contributed by atoms with Gasteiger partial charge >= 0.3 is 5.97 Å². The third-order valence-corrected chi connectivity index (χ3v) is 4.51. The van der Waals surface area contributed by atoms with Crippen LogP contribution in [-0.2, 0) is 9.53 Å². The standard InChI is InChI=1S/C17H22ClNO4/c1-10-5-3-4-6-14(10)19-16(21)11(2)23-17(22)13-8-7-12(18)9-15(13)20/h7-11,14,20H,3-6H2,1-2H3,(H,19,21)/t10-,11-,14+/m1/s1. The highest BCUT2D eigenvalue weighted by Crippen LogP contribution is 2.25. The maximum Gasteiger partial charge on any atom is 0.342 e. The van der Waals surface area contributed by atoms with Crippen molar-refractivity contribution in [1.82, 2.24) is 5.32 Å². The van der Waals surface area contributed by atoms with Crippen LogP contribution in [0.4, 0.5) is 0 Å². The Labute approximate surface area is 141 Å². The maximum atomic E-state index is 12.2. The monoisotopic (exact) mass is 339 g/mol. The Kier molecular flexibility index (Phi) is 5.88. The van der Waals surface area contributed by atoms with Crippen molar-refractivity contribution < 1.29 is 19.4 Å². The van der Waals surface area contributed by atoms with Gasteiger partial charge in [-0.25, -0.2) is 4.79 Å². The first kappa shape index (κ1) is 17.6. The number of ether oxygens (including phenoxy) is 1. The Morgan fingerprint density at radius 3 is 2.70 bits per heavy atom. The van der Waals surface area contributed by atoms with Crippen molar-refractivity contribution >= 4 is 23.5 Å². The SMILES string of the molecule is C[C@@H]1CCCC[C@@H]1NC(=O)[C@@H](C)OC(=O)c1ccc(Cl)cc1O. The number of carbonyl (C=O) groups is 2. The zero-order valence-electron chi connectivity index (χ0n) is 13.3. The molecule has 0 saturated heterocycles. The molecule has 1 aliphatic carbocycles. The van der Waals surface area contributed by atoms with E-state index in [1.807, 2.05) is 0 Å². The molecule has 0 bridgehead atoms. The molecule has 0 radical (unpaired) electrons. The zero-order valence-corrected chi connectivity index (χ0v) is 14.1. The summed E-state index contributed by atoms with van der Waals surface area (Å²) in [6, 6.07) is 4.23. The van der Waals surface area contributed by atoms with E-state index >= 15 is 0 Å². The Morgan fingerprint density at radius 1 is 1.35 bits per heavy atom. The van der Waals surface area contributed by atoms with E-state index in [4.69, 9.17) is 16.3 Å². The minimum Gasteiger partial charge on any atom is -0.507 e. The Hall–Kier alpha value is -1.75. The molecule has 2 N–H and O–H groups in total. The van der Waals surface area contributed by atoms with Crippen LogP contribution in [0.1, 0.15) is 49.9 Å². The van der Waals surface area contributed by atoms with Crippen molar-refractivity contribution in [3.05, 3.63) is 28.8 Å². The number of aromatic hydroxyl groups is 1. The van der Waals surface area contributed by atoms with E-state index < -0.39 is 12.1 Å². The number of amides is 1. The quantitative estimate of drug-likeness (QED) is 0.825. The van der Waals surface area contributed by atoms with Gasteiger partial charge in [-0.3, -0.25) is 4.79 Å². The Bertz CT molecular complexity index is 590. The van der Waals surface area contributed by atoms with Crippen LogP contribution in [0.3, 0.4) is 0 Å². The molecule has 0 aromatic heterocycles. The van der Waals surface area contributed by atoms with Gasteiger partial charge in [-0.15, -0.1) is 0 Å². The Balaban J connectivity index is 1.93. The van der Waals surface area contributed by atoms with Crippen molar-refractivity contribution in [3.8, 4) is 5.75 Å².